The Bertz CT molecular complexity index is 346. The van der Waals surface area contributed by atoms with Gasteiger partial charge in [-0.25, -0.2) is 4.79 Å². The molecule has 0 fully saturated rings. The molecule has 3 nitrogen and oxygen atoms in total. The highest BCUT2D eigenvalue weighted by Gasteiger charge is 2.05. The minimum Gasteiger partial charge on any atom is -0.462 e. The van der Waals surface area contributed by atoms with Crippen molar-refractivity contribution >= 4 is 11.7 Å². The van der Waals surface area contributed by atoms with Crippen LogP contribution in [-0.4, -0.2) is 19.1 Å². The maximum Gasteiger partial charge on any atom is 0.338 e. The second-order valence-electron chi connectivity index (χ2n) is 4.35. The van der Waals surface area contributed by atoms with Gasteiger partial charge in [-0.2, -0.15) is 0 Å². The summed E-state index contributed by atoms with van der Waals surface area (Å²) in [6.45, 7) is 5.64. The molecule has 1 rings (SSSR count). The van der Waals surface area contributed by atoms with Gasteiger partial charge in [-0.05, 0) is 37.1 Å². The fraction of sp³-hybridized carbons (Fsp3) is 0.533. The summed E-state index contributed by atoms with van der Waals surface area (Å²) in [6, 6.07) is 7.46. The van der Waals surface area contributed by atoms with Crippen LogP contribution in [0.15, 0.2) is 24.3 Å². The van der Waals surface area contributed by atoms with Crippen LogP contribution in [0.5, 0.6) is 0 Å². The average Bonchev–Trinajstić information content (AvgIpc) is 2.41. The van der Waals surface area contributed by atoms with Crippen molar-refractivity contribution in [3.05, 3.63) is 29.8 Å². The van der Waals surface area contributed by atoms with Crippen molar-refractivity contribution in [2.45, 2.75) is 39.5 Å². The van der Waals surface area contributed by atoms with Crippen LogP contribution in [0, 0.1) is 0 Å². The fourth-order valence-electron chi connectivity index (χ4n) is 1.61. The molecule has 0 saturated carbocycles. The highest BCUT2D eigenvalue weighted by atomic mass is 16.5. The summed E-state index contributed by atoms with van der Waals surface area (Å²) in [5, 5.41) is 3.34. The van der Waals surface area contributed by atoms with Crippen molar-refractivity contribution in [1.82, 2.24) is 0 Å². The minimum atomic E-state index is -0.241. The average molecular weight is 249 g/mol. The maximum absolute atomic E-state index is 11.6. The predicted octanol–water partition coefficient (Wildman–Crippen LogP) is 3.86. The van der Waals surface area contributed by atoms with E-state index in [-0.39, 0.29) is 5.97 Å². The summed E-state index contributed by atoms with van der Waals surface area (Å²) in [6.07, 6.45) is 4.50. The van der Waals surface area contributed by atoms with Crippen molar-refractivity contribution in [3.8, 4) is 0 Å². The summed E-state index contributed by atoms with van der Waals surface area (Å²) in [4.78, 5) is 11.6. The monoisotopic (exact) mass is 249 g/mol. The van der Waals surface area contributed by atoms with Crippen molar-refractivity contribution < 1.29 is 9.53 Å². The highest BCUT2D eigenvalue weighted by molar-refractivity contribution is 5.89. The number of nitrogens with one attached hydrogen (secondary N) is 1. The van der Waals surface area contributed by atoms with Gasteiger partial charge in [0.15, 0.2) is 0 Å². The summed E-state index contributed by atoms with van der Waals surface area (Å²) < 4.78 is 5.07. The van der Waals surface area contributed by atoms with E-state index in [9.17, 15) is 4.79 Å². The molecule has 1 N–H and O–H groups in total. The van der Waals surface area contributed by atoms with E-state index in [1.807, 2.05) is 19.1 Å². The number of hydrogen-bond donors (Lipinski definition) is 1. The molecule has 0 amide bonds. The zero-order valence-corrected chi connectivity index (χ0v) is 11.4. The molecule has 0 unspecified atom stereocenters. The highest BCUT2D eigenvalue weighted by Crippen LogP contribution is 2.11. The summed E-state index contributed by atoms with van der Waals surface area (Å²) in [5.41, 5.74) is 1.67. The van der Waals surface area contributed by atoms with Gasteiger partial charge >= 0.3 is 5.97 Å². The lowest BCUT2D eigenvalue weighted by molar-refractivity contribution is 0.0505. The summed E-state index contributed by atoms with van der Waals surface area (Å²) in [5.74, 6) is -0.241. The Balaban J connectivity index is 2.39. The quantitative estimate of drug-likeness (QED) is 0.561. The SMILES string of the molecule is CCCCCNc1ccc(C(=O)OCCC)cc1. The fourth-order valence-corrected chi connectivity index (χ4v) is 1.61. The molecule has 0 saturated heterocycles. The van der Waals surface area contributed by atoms with Crippen molar-refractivity contribution in [2.24, 2.45) is 0 Å². The third-order valence-corrected chi connectivity index (χ3v) is 2.67. The standard InChI is InChI=1S/C15H23NO2/c1-3-5-6-11-16-14-9-7-13(8-10-14)15(17)18-12-4-2/h7-10,16H,3-6,11-12H2,1-2H3. The molecule has 0 radical (unpaired) electrons. The van der Waals surface area contributed by atoms with Gasteiger partial charge in [0.05, 0.1) is 12.2 Å². The van der Waals surface area contributed by atoms with Gasteiger partial charge in [-0.3, -0.25) is 0 Å². The number of benzene rings is 1. The van der Waals surface area contributed by atoms with Crippen LogP contribution in [0.1, 0.15) is 49.9 Å². The molecule has 0 atom stereocenters. The molecule has 100 valence electrons. The number of rotatable bonds is 8. The molecule has 0 spiro atoms. The second kappa shape index (κ2) is 8.56. The van der Waals surface area contributed by atoms with E-state index in [2.05, 4.69) is 12.2 Å². The molecule has 0 heterocycles. The normalized spacial score (nSPS) is 10.1. The van der Waals surface area contributed by atoms with Gasteiger partial charge in [-0.15, -0.1) is 0 Å². The summed E-state index contributed by atoms with van der Waals surface area (Å²) >= 11 is 0. The first-order valence-corrected chi connectivity index (χ1v) is 6.79. The van der Waals surface area contributed by atoms with Crippen LogP contribution in [0.25, 0.3) is 0 Å². The Morgan fingerprint density at radius 2 is 1.83 bits per heavy atom. The van der Waals surface area contributed by atoms with E-state index in [0.717, 1.165) is 18.7 Å². The number of ether oxygens (including phenoxy) is 1. The van der Waals surface area contributed by atoms with Crippen LogP contribution in [0.3, 0.4) is 0 Å². The van der Waals surface area contributed by atoms with E-state index in [1.165, 1.54) is 19.3 Å². The lowest BCUT2D eigenvalue weighted by Gasteiger charge is -2.07. The molecule has 0 aromatic heterocycles. The zero-order chi connectivity index (χ0) is 13.2. The number of carbonyl (C=O) groups excluding carboxylic acids is 1. The van der Waals surface area contributed by atoms with Crippen LogP contribution in [0.2, 0.25) is 0 Å². The largest absolute Gasteiger partial charge is 0.462 e. The first kappa shape index (κ1) is 14.6. The number of anilines is 1. The third kappa shape index (κ3) is 5.21. The molecule has 0 aliphatic rings. The van der Waals surface area contributed by atoms with Crippen molar-refractivity contribution in [2.75, 3.05) is 18.5 Å². The van der Waals surface area contributed by atoms with Crippen molar-refractivity contribution in [3.63, 3.8) is 0 Å². The molecule has 0 aliphatic heterocycles. The topological polar surface area (TPSA) is 38.3 Å². The number of carbonyl (C=O) groups is 1. The van der Waals surface area contributed by atoms with E-state index >= 15 is 0 Å². The number of esters is 1. The summed E-state index contributed by atoms with van der Waals surface area (Å²) in [7, 11) is 0. The Labute approximate surface area is 110 Å². The zero-order valence-electron chi connectivity index (χ0n) is 11.4. The lowest BCUT2D eigenvalue weighted by atomic mass is 10.2. The van der Waals surface area contributed by atoms with Gasteiger partial charge in [-0.1, -0.05) is 26.7 Å². The van der Waals surface area contributed by atoms with Crippen LogP contribution < -0.4 is 5.32 Å². The Hall–Kier alpha value is -1.51. The van der Waals surface area contributed by atoms with Crippen LogP contribution in [0.4, 0.5) is 5.69 Å². The Kier molecular flexibility index (Phi) is 6.92. The van der Waals surface area contributed by atoms with Crippen LogP contribution >= 0.6 is 0 Å². The lowest BCUT2D eigenvalue weighted by Crippen LogP contribution is -2.06. The molecule has 1 aromatic rings. The predicted molar refractivity (Wildman–Crippen MR) is 75.0 cm³/mol. The molecule has 18 heavy (non-hydrogen) atoms. The molecule has 1 aromatic carbocycles. The molecule has 0 bridgehead atoms. The maximum atomic E-state index is 11.6. The van der Waals surface area contributed by atoms with Gasteiger partial charge < -0.3 is 10.1 Å². The third-order valence-electron chi connectivity index (χ3n) is 2.67. The molecule has 0 aliphatic carbocycles. The minimum absolute atomic E-state index is 0.241. The van der Waals surface area contributed by atoms with Gasteiger partial charge in [0.2, 0.25) is 0 Å². The first-order valence-electron chi connectivity index (χ1n) is 6.79. The molecule has 3 heteroatoms. The molecular weight excluding hydrogens is 226 g/mol. The van der Waals surface area contributed by atoms with E-state index in [1.54, 1.807) is 12.1 Å². The van der Waals surface area contributed by atoms with Crippen LogP contribution in [-0.2, 0) is 4.74 Å². The van der Waals surface area contributed by atoms with E-state index in [0.29, 0.717) is 12.2 Å². The molecular formula is C15H23NO2. The Morgan fingerprint density at radius 1 is 1.11 bits per heavy atom. The first-order chi connectivity index (χ1) is 8.77. The van der Waals surface area contributed by atoms with Gasteiger partial charge in [0, 0.05) is 12.2 Å². The van der Waals surface area contributed by atoms with Gasteiger partial charge in [0.1, 0.15) is 0 Å². The second-order valence-corrected chi connectivity index (χ2v) is 4.35. The van der Waals surface area contributed by atoms with Gasteiger partial charge in [0.25, 0.3) is 0 Å². The van der Waals surface area contributed by atoms with Crippen molar-refractivity contribution in [1.29, 1.82) is 0 Å². The smallest absolute Gasteiger partial charge is 0.338 e. The Morgan fingerprint density at radius 3 is 2.44 bits per heavy atom. The number of unbranched alkanes of at least 4 members (excludes halogenated alkanes) is 2. The van der Waals surface area contributed by atoms with E-state index < -0.39 is 0 Å². The number of hydrogen-bond acceptors (Lipinski definition) is 3. The van der Waals surface area contributed by atoms with E-state index in [4.69, 9.17) is 4.74 Å².